The normalized spacial score (nSPS) is 12.7. The van der Waals surface area contributed by atoms with Gasteiger partial charge in [0.2, 0.25) is 5.75 Å². The van der Waals surface area contributed by atoms with Crippen molar-refractivity contribution in [3.05, 3.63) is 105 Å². The lowest BCUT2D eigenvalue weighted by molar-refractivity contribution is 0.101. The number of hydrogen-bond donors (Lipinski definition) is 1. The topological polar surface area (TPSA) is 99.2 Å². The maximum absolute atomic E-state index is 13.2. The van der Waals surface area contributed by atoms with E-state index >= 15 is 0 Å². The molecular weight excluding hydrogens is 456 g/mol. The van der Waals surface area contributed by atoms with Crippen molar-refractivity contribution in [2.75, 3.05) is 12.4 Å². The number of hydrogen-bond acceptors (Lipinski definition) is 6. The second-order valence-corrected chi connectivity index (χ2v) is 8.19. The molecule has 2 atom stereocenters. The SMILES string of the molecule is COc1c(C(=O)Nc2cnoc2)nc([C@H](C)[C@@H](c2ccccc2)c2ccccc2Cl)n(C)c1=O. The molecule has 0 aliphatic rings. The summed E-state index contributed by atoms with van der Waals surface area (Å²) in [6.07, 6.45) is 2.62. The molecule has 2 aromatic heterocycles. The highest BCUT2D eigenvalue weighted by atomic mass is 35.5. The lowest BCUT2D eigenvalue weighted by Gasteiger charge is -2.27. The highest BCUT2D eigenvalue weighted by molar-refractivity contribution is 6.31. The standard InChI is InChI=1S/C25H23ClN4O4/c1-15(20(16-9-5-4-6-10-16)18-11-7-8-12-19(18)26)23-29-21(22(33-3)25(32)30(23)2)24(31)28-17-13-27-34-14-17/h4-15,20H,1-3H3,(H,28,31)/t15-,20+/m1/s1. The molecule has 0 radical (unpaired) electrons. The first kappa shape index (κ1) is 23.3. The molecule has 0 bridgehead atoms. The minimum atomic E-state index is -0.611. The van der Waals surface area contributed by atoms with Crippen LogP contribution in [0.4, 0.5) is 5.69 Å². The summed E-state index contributed by atoms with van der Waals surface area (Å²) in [6.45, 7) is 1.96. The number of nitrogens with zero attached hydrogens (tertiary/aromatic N) is 3. The summed E-state index contributed by atoms with van der Waals surface area (Å²) in [5, 5.41) is 6.79. The van der Waals surface area contributed by atoms with Crippen LogP contribution in [0.1, 0.15) is 46.2 Å². The maximum Gasteiger partial charge on any atom is 0.296 e. The van der Waals surface area contributed by atoms with Crippen LogP contribution in [-0.4, -0.2) is 27.7 Å². The Balaban J connectivity index is 1.86. The van der Waals surface area contributed by atoms with Crippen LogP contribution in [0.25, 0.3) is 0 Å². The van der Waals surface area contributed by atoms with Crippen LogP contribution >= 0.6 is 11.6 Å². The van der Waals surface area contributed by atoms with Gasteiger partial charge in [-0.1, -0.05) is 72.2 Å². The first-order valence-corrected chi connectivity index (χ1v) is 10.9. The number of carbonyl (C=O) groups is 1. The predicted octanol–water partition coefficient (Wildman–Crippen LogP) is 4.62. The van der Waals surface area contributed by atoms with Crippen molar-refractivity contribution in [1.29, 1.82) is 0 Å². The third-order valence-corrected chi connectivity index (χ3v) is 6.04. The average molecular weight is 479 g/mol. The lowest BCUT2D eigenvalue weighted by atomic mass is 9.81. The molecule has 4 rings (SSSR count). The van der Waals surface area contributed by atoms with Gasteiger partial charge >= 0.3 is 0 Å². The van der Waals surface area contributed by atoms with E-state index in [1.807, 2.05) is 61.5 Å². The van der Waals surface area contributed by atoms with Gasteiger partial charge in [-0.25, -0.2) is 4.98 Å². The number of halogens is 1. The van der Waals surface area contributed by atoms with E-state index in [4.69, 9.17) is 20.9 Å². The van der Waals surface area contributed by atoms with Gasteiger partial charge in [-0.3, -0.25) is 14.2 Å². The van der Waals surface area contributed by atoms with Crippen molar-refractivity contribution < 1.29 is 14.1 Å². The van der Waals surface area contributed by atoms with E-state index in [1.165, 1.54) is 24.1 Å². The molecule has 34 heavy (non-hydrogen) atoms. The van der Waals surface area contributed by atoms with Crippen molar-refractivity contribution in [2.45, 2.75) is 18.8 Å². The summed E-state index contributed by atoms with van der Waals surface area (Å²) in [6, 6.07) is 17.4. The van der Waals surface area contributed by atoms with Crippen LogP contribution in [0, 0.1) is 0 Å². The number of amides is 1. The minimum absolute atomic E-state index is 0.125. The highest BCUT2D eigenvalue weighted by Crippen LogP contribution is 2.40. The smallest absolute Gasteiger partial charge is 0.296 e. The monoisotopic (exact) mass is 478 g/mol. The van der Waals surface area contributed by atoms with E-state index in [9.17, 15) is 9.59 Å². The summed E-state index contributed by atoms with van der Waals surface area (Å²) >= 11 is 6.59. The number of carbonyl (C=O) groups excluding carboxylic acids is 1. The molecule has 0 saturated carbocycles. The van der Waals surface area contributed by atoms with Crippen molar-refractivity contribution >= 4 is 23.2 Å². The molecule has 8 nitrogen and oxygen atoms in total. The third-order valence-electron chi connectivity index (χ3n) is 5.70. The van der Waals surface area contributed by atoms with Gasteiger partial charge in [-0.15, -0.1) is 0 Å². The van der Waals surface area contributed by atoms with Gasteiger partial charge in [0, 0.05) is 23.9 Å². The summed E-state index contributed by atoms with van der Waals surface area (Å²) in [5.41, 5.74) is 1.63. The molecule has 1 amide bonds. The Morgan fingerprint density at radius 2 is 1.85 bits per heavy atom. The Bertz CT molecular complexity index is 1350. The molecule has 4 aromatic rings. The van der Waals surface area contributed by atoms with Crippen LogP contribution < -0.4 is 15.6 Å². The predicted molar refractivity (Wildman–Crippen MR) is 129 cm³/mol. The van der Waals surface area contributed by atoms with Crippen LogP contribution in [0.2, 0.25) is 5.02 Å². The molecule has 2 aromatic carbocycles. The number of nitrogens with one attached hydrogen (secondary N) is 1. The zero-order chi connectivity index (χ0) is 24.2. The van der Waals surface area contributed by atoms with Gasteiger partial charge in [-0.05, 0) is 17.2 Å². The fourth-order valence-corrected chi connectivity index (χ4v) is 4.33. The van der Waals surface area contributed by atoms with Gasteiger partial charge in [0.1, 0.15) is 17.8 Å². The van der Waals surface area contributed by atoms with Crippen LogP contribution in [-0.2, 0) is 7.05 Å². The van der Waals surface area contributed by atoms with Crippen molar-refractivity contribution in [2.24, 2.45) is 7.05 Å². The molecule has 0 aliphatic heterocycles. The minimum Gasteiger partial charge on any atom is -0.489 e. The van der Waals surface area contributed by atoms with Crippen LogP contribution in [0.3, 0.4) is 0 Å². The molecule has 9 heteroatoms. The Labute approximate surface area is 201 Å². The Morgan fingerprint density at radius 1 is 1.15 bits per heavy atom. The lowest BCUT2D eigenvalue weighted by Crippen LogP contribution is -2.31. The zero-order valence-corrected chi connectivity index (χ0v) is 19.6. The second kappa shape index (κ2) is 9.93. The summed E-state index contributed by atoms with van der Waals surface area (Å²) in [4.78, 5) is 30.8. The first-order chi connectivity index (χ1) is 16.4. The van der Waals surface area contributed by atoms with Gasteiger partial charge in [0.25, 0.3) is 11.5 Å². The number of rotatable bonds is 7. The van der Waals surface area contributed by atoms with Crippen molar-refractivity contribution in [1.82, 2.24) is 14.7 Å². The highest BCUT2D eigenvalue weighted by Gasteiger charge is 2.30. The quantitative estimate of drug-likeness (QED) is 0.416. The van der Waals surface area contributed by atoms with Gasteiger partial charge in [0.15, 0.2) is 5.69 Å². The number of ether oxygens (including phenoxy) is 1. The second-order valence-electron chi connectivity index (χ2n) is 7.78. The molecule has 2 heterocycles. The van der Waals surface area contributed by atoms with Crippen LogP contribution in [0.15, 0.2) is 76.4 Å². The zero-order valence-electron chi connectivity index (χ0n) is 18.9. The van der Waals surface area contributed by atoms with E-state index in [1.54, 1.807) is 7.05 Å². The summed E-state index contributed by atoms with van der Waals surface area (Å²) in [7, 11) is 2.94. The fraction of sp³-hybridized carbons (Fsp3) is 0.200. The molecule has 0 fully saturated rings. The van der Waals surface area contributed by atoms with Gasteiger partial charge in [-0.2, -0.15) is 0 Å². The Kier molecular flexibility index (Phi) is 6.79. The number of aromatic nitrogens is 3. The van der Waals surface area contributed by atoms with E-state index < -0.39 is 11.5 Å². The molecular formula is C25H23ClN4O4. The van der Waals surface area contributed by atoms with Crippen LogP contribution in [0.5, 0.6) is 5.75 Å². The third kappa shape index (κ3) is 4.45. The largest absolute Gasteiger partial charge is 0.489 e. The summed E-state index contributed by atoms with van der Waals surface area (Å²) < 4.78 is 11.4. The molecule has 0 unspecified atom stereocenters. The van der Waals surface area contributed by atoms with Gasteiger partial charge in [0.05, 0.1) is 13.3 Å². The molecule has 1 N–H and O–H groups in total. The number of methoxy groups -OCH3 is 1. The maximum atomic E-state index is 13.2. The molecule has 0 spiro atoms. The number of benzene rings is 2. The molecule has 174 valence electrons. The van der Waals surface area contributed by atoms with E-state index in [2.05, 4.69) is 15.5 Å². The fourth-order valence-electron chi connectivity index (χ4n) is 4.07. The first-order valence-electron chi connectivity index (χ1n) is 10.6. The van der Waals surface area contributed by atoms with Crippen molar-refractivity contribution in [3.8, 4) is 5.75 Å². The van der Waals surface area contributed by atoms with Gasteiger partial charge < -0.3 is 14.6 Å². The molecule has 0 aliphatic carbocycles. The van der Waals surface area contributed by atoms with Crippen molar-refractivity contribution in [3.63, 3.8) is 0 Å². The van der Waals surface area contributed by atoms with E-state index in [0.29, 0.717) is 16.5 Å². The average Bonchev–Trinajstić information content (AvgIpc) is 3.35. The Morgan fingerprint density at radius 3 is 2.50 bits per heavy atom. The Hall–Kier alpha value is -3.91. The molecule has 0 saturated heterocycles. The van der Waals surface area contributed by atoms with E-state index in [-0.39, 0.29) is 23.3 Å². The van der Waals surface area contributed by atoms with E-state index in [0.717, 1.165) is 11.1 Å². The number of anilines is 1. The summed E-state index contributed by atoms with van der Waals surface area (Å²) in [5.74, 6) is -0.903.